The third kappa shape index (κ3) is 4.91. The van der Waals surface area contributed by atoms with Crippen molar-refractivity contribution in [1.82, 2.24) is 10.2 Å². The van der Waals surface area contributed by atoms with Gasteiger partial charge in [0.1, 0.15) is 12.6 Å². The molecule has 0 aromatic carbocycles. The summed E-state index contributed by atoms with van der Waals surface area (Å²) in [4.78, 5) is 36.9. The van der Waals surface area contributed by atoms with Crippen molar-refractivity contribution in [1.29, 1.82) is 0 Å². The summed E-state index contributed by atoms with van der Waals surface area (Å²) in [5, 5.41) is 2.47. The Morgan fingerprint density at radius 1 is 1.29 bits per heavy atom. The molecule has 1 unspecified atom stereocenters. The van der Waals surface area contributed by atoms with E-state index in [9.17, 15) is 14.4 Å². The van der Waals surface area contributed by atoms with Crippen molar-refractivity contribution >= 4 is 17.9 Å². The number of ether oxygens (including phenoxy) is 1. The van der Waals surface area contributed by atoms with E-state index >= 15 is 0 Å². The number of esters is 1. The molecule has 7 nitrogen and oxygen atoms in total. The minimum atomic E-state index is -0.744. The van der Waals surface area contributed by atoms with Crippen LogP contribution in [0.25, 0.3) is 0 Å². The number of nitrogens with two attached hydrogens (primary N) is 1. The van der Waals surface area contributed by atoms with Gasteiger partial charge >= 0.3 is 12.0 Å². The fourth-order valence-electron chi connectivity index (χ4n) is 2.65. The standard InChI is InChI=1S/C14H25N3O4/c1-9(2)12(16-14(15)20)13(19)17(8-11(18)21-3)10-6-4-5-7-10/h9-10,12H,4-8H2,1-3H3,(H3,15,16,20). The first-order chi connectivity index (χ1) is 9.86. The van der Waals surface area contributed by atoms with Crippen LogP contribution in [0.3, 0.4) is 0 Å². The summed E-state index contributed by atoms with van der Waals surface area (Å²) in [6.07, 6.45) is 3.80. The highest BCUT2D eigenvalue weighted by atomic mass is 16.5. The Balaban J connectivity index is 2.90. The molecule has 0 aliphatic heterocycles. The van der Waals surface area contributed by atoms with E-state index < -0.39 is 18.0 Å². The molecule has 0 saturated heterocycles. The summed E-state index contributed by atoms with van der Waals surface area (Å²) in [6.45, 7) is 3.55. The fourth-order valence-corrected chi connectivity index (χ4v) is 2.65. The summed E-state index contributed by atoms with van der Waals surface area (Å²) in [5.74, 6) is -0.857. The second-order valence-corrected chi connectivity index (χ2v) is 5.71. The Bertz CT molecular complexity index is 392. The molecule has 120 valence electrons. The van der Waals surface area contributed by atoms with Gasteiger partial charge in [0.2, 0.25) is 5.91 Å². The third-order valence-corrected chi connectivity index (χ3v) is 3.81. The number of amides is 3. The number of nitrogens with zero attached hydrogens (tertiary/aromatic N) is 1. The van der Waals surface area contributed by atoms with Gasteiger partial charge in [-0.15, -0.1) is 0 Å². The maximum absolute atomic E-state index is 12.7. The van der Waals surface area contributed by atoms with Gasteiger partial charge in [0.15, 0.2) is 0 Å². The van der Waals surface area contributed by atoms with Gasteiger partial charge in [-0.25, -0.2) is 4.79 Å². The highest BCUT2D eigenvalue weighted by Crippen LogP contribution is 2.24. The maximum Gasteiger partial charge on any atom is 0.325 e. The number of hydrogen-bond acceptors (Lipinski definition) is 4. The molecule has 0 aromatic heterocycles. The highest BCUT2D eigenvalue weighted by Gasteiger charge is 2.34. The molecule has 1 rings (SSSR count). The van der Waals surface area contributed by atoms with Crippen molar-refractivity contribution in [2.24, 2.45) is 11.7 Å². The number of rotatable bonds is 6. The number of methoxy groups -OCH3 is 1. The number of nitrogens with one attached hydrogen (secondary N) is 1. The van der Waals surface area contributed by atoms with E-state index in [-0.39, 0.29) is 24.4 Å². The molecule has 0 spiro atoms. The van der Waals surface area contributed by atoms with Crippen LogP contribution in [0.4, 0.5) is 4.79 Å². The predicted molar refractivity (Wildman–Crippen MR) is 77.3 cm³/mol. The first-order valence-electron chi connectivity index (χ1n) is 7.30. The fraction of sp³-hybridized carbons (Fsp3) is 0.786. The topological polar surface area (TPSA) is 102 Å². The van der Waals surface area contributed by atoms with Gasteiger partial charge in [-0.2, -0.15) is 0 Å². The minimum absolute atomic E-state index is 0.0209. The lowest BCUT2D eigenvalue weighted by molar-refractivity contribution is -0.149. The molecule has 1 aliphatic carbocycles. The van der Waals surface area contributed by atoms with E-state index in [2.05, 4.69) is 10.1 Å². The lowest BCUT2D eigenvalue weighted by Gasteiger charge is -2.32. The molecular formula is C14H25N3O4. The van der Waals surface area contributed by atoms with Crippen molar-refractivity contribution in [3.63, 3.8) is 0 Å². The Hall–Kier alpha value is -1.79. The van der Waals surface area contributed by atoms with Gasteiger partial charge in [0.25, 0.3) is 0 Å². The van der Waals surface area contributed by atoms with Gasteiger partial charge in [-0.3, -0.25) is 9.59 Å². The second kappa shape index (κ2) is 7.85. The van der Waals surface area contributed by atoms with Crippen LogP contribution in [-0.2, 0) is 14.3 Å². The van der Waals surface area contributed by atoms with Crippen molar-refractivity contribution in [3.8, 4) is 0 Å². The number of hydrogen-bond donors (Lipinski definition) is 2. The van der Waals surface area contributed by atoms with E-state index in [1.165, 1.54) is 12.0 Å². The molecule has 0 heterocycles. The predicted octanol–water partition coefficient (Wildman–Crippen LogP) is 0.623. The zero-order valence-corrected chi connectivity index (χ0v) is 12.9. The van der Waals surface area contributed by atoms with Crippen molar-refractivity contribution < 1.29 is 19.1 Å². The van der Waals surface area contributed by atoms with E-state index in [4.69, 9.17) is 5.73 Å². The van der Waals surface area contributed by atoms with Crippen molar-refractivity contribution in [2.75, 3.05) is 13.7 Å². The molecule has 1 saturated carbocycles. The second-order valence-electron chi connectivity index (χ2n) is 5.71. The lowest BCUT2D eigenvalue weighted by Crippen LogP contribution is -2.55. The molecule has 1 atom stereocenters. The van der Waals surface area contributed by atoms with Gasteiger partial charge in [0, 0.05) is 6.04 Å². The van der Waals surface area contributed by atoms with Crippen LogP contribution >= 0.6 is 0 Å². The lowest BCUT2D eigenvalue weighted by atomic mass is 10.0. The van der Waals surface area contributed by atoms with Crippen LogP contribution in [0.2, 0.25) is 0 Å². The van der Waals surface area contributed by atoms with E-state index in [0.717, 1.165) is 25.7 Å². The molecule has 0 aromatic rings. The molecule has 3 N–H and O–H groups in total. The van der Waals surface area contributed by atoms with Crippen molar-refractivity contribution in [2.45, 2.75) is 51.6 Å². The SMILES string of the molecule is COC(=O)CN(C(=O)C(NC(N)=O)C(C)C)C1CCCC1. The maximum atomic E-state index is 12.7. The van der Waals surface area contributed by atoms with Gasteiger partial charge < -0.3 is 20.7 Å². The van der Waals surface area contributed by atoms with Gasteiger partial charge in [-0.05, 0) is 18.8 Å². The molecule has 7 heteroatoms. The zero-order chi connectivity index (χ0) is 16.0. The Morgan fingerprint density at radius 3 is 2.29 bits per heavy atom. The highest BCUT2D eigenvalue weighted by molar-refractivity contribution is 5.89. The largest absolute Gasteiger partial charge is 0.468 e. The first-order valence-corrected chi connectivity index (χ1v) is 7.30. The average molecular weight is 299 g/mol. The Morgan fingerprint density at radius 2 is 1.86 bits per heavy atom. The monoisotopic (exact) mass is 299 g/mol. The third-order valence-electron chi connectivity index (χ3n) is 3.81. The minimum Gasteiger partial charge on any atom is -0.468 e. The summed E-state index contributed by atoms with van der Waals surface area (Å²) in [7, 11) is 1.29. The van der Waals surface area contributed by atoms with Crippen LogP contribution in [0, 0.1) is 5.92 Å². The average Bonchev–Trinajstić information content (AvgIpc) is 2.94. The molecule has 0 radical (unpaired) electrons. The van der Waals surface area contributed by atoms with Crippen LogP contribution in [-0.4, -0.2) is 48.5 Å². The van der Waals surface area contributed by atoms with E-state index in [1.54, 1.807) is 0 Å². The summed E-state index contributed by atoms with van der Waals surface area (Å²) in [6, 6.07) is -1.45. The first kappa shape index (κ1) is 17.3. The van der Waals surface area contributed by atoms with Gasteiger partial charge in [0.05, 0.1) is 7.11 Å². The Labute approximate surface area is 125 Å². The summed E-state index contributed by atoms with van der Waals surface area (Å²) >= 11 is 0. The van der Waals surface area contributed by atoms with Gasteiger partial charge in [-0.1, -0.05) is 26.7 Å². The quantitative estimate of drug-likeness (QED) is 0.702. The summed E-state index contributed by atoms with van der Waals surface area (Å²) < 4.78 is 4.67. The molecule has 21 heavy (non-hydrogen) atoms. The number of carbonyl (C=O) groups excluding carboxylic acids is 3. The molecule has 0 bridgehead atoms. The number of urea groups is 1. The van der Waals surface area contributed by atoms with Crippen LogP contribution in [0.1, 0.15) is 39.5 Å². The van der Waals surface area contributed by atoms with Crippen LogP contribution in [0.5, 0.6) is 0 Å². The molecular weight excluding hydrogens is 274 g/mol. The van der Waals surface area contributed by atoms with Crippen LogP contribution in [0.15, 0.2) is 0 Å². The Kier molecular flexibility index (Phi) is 6.45. The van der Waals surface area contributed by atoms with E-state index in [1.807, 2.05) is 13.8 Å². The van der Waals surface area contributed by atoms with Crippen molar-refractivity contribution in [3.05, 3.63) is 0 Å². The molecule has 1 fully saturated rings. The molecule has 3 amide bonds. The van der Waals surface area contributed by atoms with E-state index in [0.29, 0.717) is 0 Å². The summed E-state index contributed by atoms with van der Waals surface area (Å²) in [5.41, 5.74) is 5.14. The number of carbonyl (C=O) groups is 3. The molecule has 1 aliphatic rings. The van der Waals surface area contributed by atoms with Crippen LogP contribution < -0.4 is 11.1 Å². The normalized spacial score (nSPS) is 16.6. The number of primary amides is 1. The smallest absolute Gasteiger partial charge is 0.325 e. The zero-order valence-electron chi connectivity index (χ0n) is 12.9.